The number of ether oxygens (including phenoxy) is 2. The lowest BCUT2D eigenvalue weighted by molar-refractivity contribution is -0.128. The average Bonchev–Trinajstić information content (AvgIpc) is 3.09. The molecule has 5 rings (SSSR count). The minimum Gasteiger partial charge on any atom is -0.484 e. The van der Waals surface area contributed by atoms with Crippen LogP contribution in [0.3, 0.4) is 0 Å². The van der Waals surface area contributed by atoms with Crippen molar-refractivity contribution in [2.24, 2.45) is 0 Å². The van der Waals surface area contributed by atoms with E-state index >= 15 is 0 Å². The van der Waals surface area contributed by atoms with Gasteiger partial charge in [0.1, 0.15) is 23.7 Å². The van der Waals surface area contributed by atoms with Crippen molar-refractivity contribution in [1.82, 2.24) is 20.1 Å². The molecule has 3 aromatic rings. The molecule has 3 heterocycles. The van der Waals surface area contributed by atoms with E-state index in [1.165, 1.54) is 6.07 Å². The Kier molecular flexibility index (Phi) is 7.85. The quantitative estimate of drug-likeness (QED) is 0.548. The maximum Gasteiger partial charge on any atom is 0.242 e. The molecular formula is C28H31FN4O3. The van der Waals surface area contributed by atoms with Crippen LogP contribution >= 0.6 is 0 Å². The summed E-state index contributed by atoms with van der Waals surface area (Å²) in [5.41, 5.74) is 2.45. The van der Waals surface area contributed by atoms with Crippen LogP contribution in [-0.2, 0) is 16.1 Å². The Balaban J connectivity index is 1.28. The van der Waals surface area contributed by atoms with Crippen LogP contribution in [0.5, 0.6) is 5.75 Å². The fourth-order valence-corrected chi connectivity index (χ4v) is 4.88. The predicted octanol–water partition coefficient (Wildman–Crippen LogP) is 3.35. The molecule has 0 saturated carbocycles. The predicted molar refractivity (Wildman–Crippen MR) is 134 cm³/mol. The van der Waals surface area contributed by atoms with Gasteiger partial charge in [-0.25, -0.2) is 4.39 Å². The zero-order valence-corrected chi connectivity index (χ0v) is 20.2. The van der Waals surface area contributed by atoms with E-state index < -0.39 is 12.1 Å². The molecule has 7 nitrogen and oxygen atoms in total. The van der Waals surface area contributed by atoms with E-state index in [0.29, 0.717) is 58.0 Å². The van der Waals surface area contributed by atoms with Crippen molar-refractivity contribution in [1.29, 1.82) is 0 Å². The van der Waals surface area contributed by atoms with Crippen molar-refractivity contribution in [3.63, 3.8) is 0 Å². The van der Waals surface area contributed by atoms with Crippen LogP contribution < -0.4 is 10.1 Å². The number of carbonyl (C=O) groups excluding carboxylic acids is 1. The molecule has 1 amide bonds. The zero-order chi connectivity index (χ0) is 24.7. The molecule has 36 heavy (non-hydrogen) atoms. The van der Waals surface area contributed by atoms with E-state index in [-0.39, 0.29) is 11.7 Å². The van der Waals surface area contributed by atoms with Gasteiger partial charge in [-0.1, -0.05) is 42.5 Å². The van der Waals surface area contributed by atoms with E-state index in [9.17, 15) is 9.18 Å². The summed E-state index contributed by atoms with van der Waals surface area (Å²) in [5.74, 6) is 0.434. The van der Waals surface area contributed by atoms with Gasteiger partial charge in [0.05, 0.1) is 13.2 Å². The second-order valence-electron chi connectivity index (χ2n) is 9.10. The largest absolute Gasteiger partial charge is 0.484 e. The molecule has 188 valence electrons. The van der Waals surface area contributed by atoms with E-state index in [4.69, 9.17) is 9.47 Å². The van der Waals surface area contributed by atoms with Crippen molar-refractivity contribution in [3.05, 3.63) is 95.6 Å². The Hall–Kier alpha value is -3.33. The lowest BCUT2D eigenvalue weighted by atomic mass is 10.1. The molecule has 1 aromatic heterocycles. The first-order valence-corrected chi connectivity index (χ1v) is 12.4. The van der Waals surface area contributed by atoms with Crippen LogP contribution in [0, 0.1) is 5.82 Å². The monoisotopic (exact) mass is 490 g/mol. The Morgan fingerprint density at radius 2 is 1.89 bits per heavy atom. The third-order valence-corrected chi connectivity index (χ3v) is 6.70. The first-order chi connectivity index (χ1) is 17.7. The molecule has 2 aliphatic rings. The Bertz CT molecular complexity index is 1160. The van der Waals surface area contributed by atoms with Crippen LogP contribution in [0.1, 0.15) is 28.8 Å². The van der Waals surface area contributed by atoms with Crippen LogP contribution in [0.2, 0.25) is 0 Å². The third kappa shape index (κ3) is 5.73. The molecule has 0 bridgehead atoms. The number of fused-ring (bicyclic) bond motifs is 1. The highest BCUT2D eigenvalue weighted by Gasteiger charge is 2.30. The molecule has 0 unspecified atom stereocenters. The lowest BCUT2D eigenvalue weighted by Gasteiger charge is -2.33. The number of hydrogen-bond acceptors (Lipinski definition) is 6. The highest BCUT2D eigenvalue weighted by molar-refractivity contribution is 5.83. The smallest absolute Gasteiger partial charge is 0.242 e. The van der Waals surface area contributed by atoms with Gasteiger partial charge in [-0.3, -0.25) is 19.6 Å². The number of carbonyl (C=O) groups is 1. The number of pyridine rings is 1. The van der Waals surface area contributed by atoms with Crippen molar-refractivity contribution >= 4 is 5.91 Å². The molecule has 0 aliphatic carbocycles. The van der Waals surface area contributed by atoms with Gasteiger partial charge in [0.2, 0.25) is 5.91 Å². The van der Waals surface area contributed by atoms with Crippen molar-refractivity contribution < 1.29 is 18.7 Å². The molecule has 2 aliphatic heterocycles. The Morgan fingerprint density at radius 1 is 1.08 bits per heavy atom. The number of aromatic nitrogens is 1. The van der Waals surface area contributed by atoms with Gasteiger partial charge >= 0.3 is 0 Å². The molecule has 2 aromatic carbocycles. The normalized spacial score (nSPS) is 19.5. The van der Waals surface area contributed by atoms with E-state index in [2.05, 4.69) is 20.1 Å². The average molecular weight is 491 g/mol. The van der Waals surface area contributed by atoms with Gasteiger partial charge < -0.3 is 14.8 Å². The number of halogens is 1. The molecule has 2 atom stereocenters. The van der Waals surface area contributed by atoms with Gasteiger partial charge in [-0.05, 0) is 23.8 Å². The van der Waals surface area contributed by atoms with Gasteiger partial charge in [-0.15, -0.1) is 0 Å². The fourth-order valence-electron chi connectivity index (χ4n) is 4.88. The van der Waals surface area contributed by atoms with E-state index in [1.807, 2.05) is 42.5 Å². The van der Waals surface area contributed by atoms with Crippen molar-refractivity contribution in [2.75, 3.05) is 45.9 Å². The fraction of sp³-hybridized carbons (Fsp3) is 0.357. The molecule has 0 radical (unpaired) electrons. The molecule has 1 saturated heterocycles. The van der Waals surface area contributed by atoms with E-state index in [1.54, 1.807) is 24.5 Å². The maximum absolute atomic E-state index is 14.6. The van der Waals surface area contributed by atoms with Crippen LogP contribution in [-0.4, -0.2) is 66.6 Å². The number of morpholine rings is 1. The summed E-state index contributed by atoms with van der Waals surface area (Å²) in [7, 11) is 0. The molecule has 1 fully saturated rings. The SMILES string of the molecule is O=C(NCCN1Cc2ccccc2O[C@@H](c2ccccc2F)C1)[C@H](c1cccnc1)N1CCOCC1. The number of para-hydroxylation sites is 1. The summed E-state index contributed by atoms with van der Waals surface area (Å²) in [6, 6.07) is 18.0. The number of amides is 1. The second-order valence-corrected chi connectivity index (χ2v) is 9.10. The number of benzene rings is 2. The molecule has 8 heteroatoms. The molecular weight excluding hydrogens is 459 g/mol. The first-order valence-electron chi connectivity index (χ1n) is 12.4. The standard InChI is InChI=1S/C28H31FN4O3/c29-24-9-3-2-8-23(24)26-20-32(19-22-6-1-4-10-25(22)36-26)13-12-31-28(34)27(21-7-5-11-30-18-21)33-14-16-35-17-15-33/h1-11,18,26-27H,12-17,19-20H2,(H,31,34)/t26-,27+/m1/s1. The van der Waals surface area contributed by atoms with Crippen LogP contribution in [0.25, 0.3) is 0 Å². The van der Waals surface area contributed by atoms with Crippen LogP contribution in [0.15, 0.2) is 73.1 Å². The summed E-state index contributed by atoms with van der Waals surface area (Å²) in [6.07, 6.45) is 3.02. The lowest BCUT2D eigenvalue weighted by Crippen LogP contribution is -2.47. The number of rotatable bonds is 7. The second kappa shape index (κ2) is 11.6. The highest BCUT2D eigenvalue weighted by atomic mass is 19.1. The summed E-state index contributed by atoms with van der Waals surface area (Å²) in [5, 5.41) is 3.13. The van der Waals surface area contributed by atoms with Gasteiger partial charge in [0.15, 0.2) is 0 Å². The minimum atomic E-state index is -0.443. The Morgan fingerprint density at radius 3 is 2.69 bits per heavy atom. The highest BCUT2D eigenvalue weighted by Crippen LogP contribution is 2.32. The maximum atomic E-state index is 14.6. The van der Waals surface area contributed by atoms with Crippen LogP contribution in [0.4, 0.5) is 4.39 Å². The van der Waals surface area contributed by atoms with Crippen molar-refractivity contribution in [3.8, 4) is 5.75 Å². The molecule has 1 N–H and O–H groups in total. The van der Waals surface area contributed by atoms with Gasteiger partial charge in [-0.2, -0.15) is 0 Å². The minimum absolute atomic E-state index is 0.0537. The zero-order valence-electron chi connectivity index (χ0n) is 20.2. The summed E-state index contributed by atoms with van der Waals surface area (Å²) >= 11 is 0. The summed E-state index contributed by atoms with van der Waals surface area (Å²) in [6.45, 7) is 4.84. The summed E-state index contributed by atoms with van der Waals surface area (Å²) < 4.78 is 26.4. The number of hydrogen-bond donors (Lipinski definition) is 1. The molecule has 0 spiro atoms. The topological polar surface area (TPSA) is 66.9 Å². The third-order valence-electron chi connectivity index (χ3n) is 6.70. The number of nitrogens with zero attached hydrogens (tertiary/aromatic N) is 3. The Labute approximate surface area is 210 Å². The van der Waals surface area contributed by atoms with Gasteiger partial charge in [0.25, 0.3) is 0 Å². The summed E-state index contributed by atoms with van der Waals surface area (Å²) in [4.78, 5) is 21.9. The van der Waals surface area contributed by atoms with Gasteiger partial charge in [0, 0.05) is 62.8 Å². The van der Waals surface area contributed by atoms with E-state index in [0.717, 1.165) is 16.9 Å². The number of nitrogens with one attached hydrogen (secondary N) is 1. The first kappa shape index (κ1) is 24.4. The van der Waals surface area contributed by atoms with Crippen molar-refractivity contribution in [2.45, 2.75) is 18.7 Å².